The van der Waals surface area contributed by atoms with Crippen LogP contribution in [0.1, 0.15) is 6.92 Å². The number of hydrogen-bond donors (Lipinski definition) is 2. The third-order valence-corrected chi connectivity index (χ3v) is 3.94. The Hall–Kier alpha value is -2.97. The molecule has 3 amide bonds. The molecule has 3 rings (SSSR count). The van der Waals surface area contributed by atoms with Crippen molar-refractivity contribution in [1.82, 2.24) is 20.0 Å². The summed E-state index contributed by atoms with van der Waals surface area (Å²) in [6.07, 6.45) is 0. The number of nitrogens with zero attached hydrogens (tertiary/aromatic N) is 3. The molecule has 2 aromatic rings. The van der Waals surface area contributed by atoms with Gasteiger partial charge in [0.25, 0.3) is 0 Å². The fourth-order valence-corrected chi connectivity index (χ4v) is 2.59. The van der Waals surface area contributed by atoms with Gasteiger partial charge < -0.3 is 10.2 Å². The minimum atomic E-state index is -0.701. The van der Waals surface area contributed by atoms with E-state index in [1.54, 1.807) is 11.9 Å². The lowest BCUT2D eigenvalue weighted by molar-refractivity contribution is -0.133. The van der Waals surface area contributed by atoms with Gasteiger partial charge >= 0.3 is 6.03 Å². The van der Waals surface area contributed by atoms with E-state index >= 15 is 0 Å². The summed E-state index contributed by atoms with van der Waals surface area (Å²) in [6, 6.07) is 4.10. The largest absolute Gasteiger partial charge is 0.339 e. The summed E-state index contributed by atoms with van der Waals surface area (Å²) < 4.78 is 28.1. The van der Waals surface area contributed by atoms with Crippen LogP contribution in [0.5, 0.6) is 0 Å². The molecular weight excluding hydrogens is 332 g/mol. The molecule has 0 unspecified atom stereocenters. The fraction of sp³-hybridized carbons (Fsp3) is 0.312. The van der Waals surface area contributed by atoms with E-state index in [1.165, 1.54) is 29.8 Å². The Morgan fingerprint density at radius 2 is 1.80 bits per heavy atom. The van der Waals surface area contributed by atoms with Crippen LogP contribution in [0.3, 0.4) is 0 Å². The van der Waals surface area contributed by atoms with Crippen molar-refractivity contribution >= 4 is 17.8 Å². The molecule has 1 aromatic heterocycles. The lowest BCUT2D eigenvalue weighted by atomic mass is 10.1. The quantitative estimate of drug-likeness (QED) is 0.886. The minimum Gasteiger partial charge on any atom is -0.339 e. The standard InChI is InChI=1S/C16H17F2N5O2/c1-9(24)23-7-13(8-23)19-16(25)20-15-6-14(21-22(15)2)10-3-11(17)5-12(18)4-10/h3-6,13H,7-8H2,1-2H3,(H2,19,20,25). The fourth-order valence-electron chi connectivity index (χ4n) is 2.59. The monoisotopic (exact) mass is 349 g/mol. The molecular formula is C16H17F2N5O2. The predicted molar refractivity (Wildman–Crippen MR) is 86.8 cm³/mol. The summed E-state index contributed by atoms with van der Waals surface area (Å²) >= 11 is 0. The molecule has 25 heavy (non-hydrogen) atoms. The number of anilines is 1. The van der Waals surface area contributed by atoms with Crippen LogP contribution in [-0.4, -0.2) is 45.8 Å². The molecule has 0 aliphatic carbocycles. The highest BCUT2D eigenvalue weighted by atomic mass is 19.1. The van der Waals surface area contributed by atoms with Crippen molar-refractivity contribution in [3.63, 3.8) is 0 Å². The van der Waals surface area contributed by atoms with Crippen molar-refractivity contribution in [2.24, 2.45) is 7.05 Å². The zero-order valence-corrected chi connectivity index (χ0v) is 13.7. The molecule has 9 heteroatoms. The molecule has 7 nitrogen and oxygen atoms in total. The lowest BCUT2D eigenvalue weighted by Crippen LogP contribution is -2.61. The third kappa shape index (κ3) is 3.76. The number of hydrogen-bond acceptors (Lipinski definition) is 3. The summed E-state index contributed by atoms with van der Waals surface area (Å²) in [5, 5.41) is 9.52. The van der Waals surface area contributed by atoms with Gasteiger partial charge in [0.2, 0.25) is 5.91 Å². The van der Waals surface area contributed by atoms with E-state index in [2.05, 4.69) is 15.7 Å². The van der Waals surface area contributed by atoms with Crippen molar-refractivity contribution < 1.29 is 18.4 Å². The van der Waals surface area contributed by atoms with Gasteiger partial charge in [-0.3, -0.25) is 14.8 Å². The number of aryl methyl sites for hydroxylation is 1. The molecule has 1 aliphatic rings. The summed E-state index contributed by atoms with van der Waals surface area (Å²) in [6.45, 7) is 2.42. The van der Waals surface area contributed by atoms with E-state index in [-0.39, 0.29) is 17.5 Å². The van der Waals surface area contributed by atoms with Gasteiger partial charge in [-0.1, -0.05) is 0 Å². The van der Waals surface area contributed by atoms with Crippen LogP contribution in [0, 0.1) is 11.6 Å². The molecule has 1 aliphatic heterocycles. The van der Waals surface area contributed by atoms with E-state index in [4.69, 9.17) is 0 Å². The van der Waals surface area contributed by atoms with Gasteiger partial charge in [-0.2, -0.15) is 5.10 Å². The average Bonchev–Trinajstić information content (AvgIpc) is 2.82. The summed E-state index contributed by atoms with van der Waals surface area (Å²) in [5.41, 5.74) is 0.611. The van der Waals surface area contributed by atoms with Crippen molar-refractivity contribution in [2.45, 2.75) is 13.0 Å². The maximum atomic E-state index is 13.3. The van der Waals surface area contributed by atoms with Gasteiger partial charge in [0.05, 0.1) is 11.7 Å². The number of urea groups is 1. The highest BCUT2D eigenvalue weighted by Gasteiger charge is 2.29. The number of carbonyl (C=O) groups is 2. The molecule has 2 N–H and O–H groups in total. The van der Waals surface area contributed by atoms with Crippen molar-refractivity contribution in [1.29, 1.82) is 0 Å². The SMILES string of the molecule is CC(=O)N1CC(NC(=O)Nc2cc(-c3cc(F)cc(F)c3)nn2C)C1. The zero-order valence-electron chi connectivity index (χ0n) is 13.7. The second-order valence-corrected chi connectivity index (χ2v) is 5.92. The number of rotatable bonds is 3. The maximum absolute atomic E-state index is 13.3. The number of nitrogens with one attached hydrogen (secondary N) is 2. The molecule has 0 spiro atoms. The molecule has 0 saturated carbocycles. The van der Waals surface area contributed by atoms with Gasteiger partial charge in [-0.15, -0.1) is 0 Å². The highest BCUT2D eigenvalue weighted by molar-refractivity contribution is 5.89. The number of aromatic nitrogens is 2. The van der Waals surface area contributed by atoms with E-state index in [0.29, 0.717) is 24.6 Å². The predicted octanol–water partition coefficient (Wildman–Crippen LogP) is 1.72. The molecule has 132 valence electrons. The Kier molecular flexibility index (Phi) is 4.39. The first kappa shape index (κ1) is 16.9. The molecule has 1 saturated heterocycles. The minimum absolute atomic E-state index is 0.0305. The maximum Gasteiger partial charge on any atom is 0.320 e. The first-order chi connectivity index (χ1) is 11.8. The molecule has 0 atom stereocenters. The van der Waals surface area contributed by atoms with Crippen molar-refractivity contribution in [3.8, 4) is 11.3 Å². The van der Waals surface area contributed by atoms with E-state index in [0.717, 1.165) is 6.07 Å². The van der Waals surface area contributed by atoms with Crippen LogP contribution >= 0.6 is 0 Å². The van der Waals surface area contributed by atoms with Crippen LogP contribution in [0.4, 0.5) is 19.4 Å². The van der Waals surface area contributed by atoms with Gasteiger partial charge in [0.1, 0.15) is 17.5 Å². The second kappa shape index (κ2) is 6.50. The number of likely N-dealkylation sites (tertiary alicyclic amines) is 1. The average molecular weight is 349 g/mol. The Balaban J connectivity index is 1.65. The van der Waals surface area contributed by atoms with Crippen LogP contribution in [0.25, 0.3) is 11.3 Å². The summed E-state index contributed by atoms with van der Waals surface area (Å²) in [7, 11) is 1.61. The van der Waals surface area contributed by atoms with Crippen LogP contribution in [0.2, 0.25) is 0 Å². The molecule has 2 heterocycles. The van der Waals surface area contributed by atoms with E-state index in [1.807, 2.05) is 0 Å². The molecule has 1 aromatic carbocycles. The Bertz CT molecular complexity index is 810. The van der Waals surface area contributed by atoms with Gasteiger partial charge in [-0.25, -0.2) is 13.6 Å². The van der Waals surface area contributed by atoms with Gasteiger partial charge in [0, 0.05) is 44.8 Å². The van der Waals surface area contributed by atoms with Crippen molar-refractivity contribution in [3.05, 3.63) is 35.9 Å². The third-order valence-electron chi connectivity index (χ3n) is 3.94. The summed E-state index contributed by atoms with van der Waals surface area (Å²) in [5.74, 6) is -1.06. The molecule has 0 radical (unpaired) electrons. The Labute approximate surface area is 142 Å². The summed E-state index contributed by atoms with van der Waals surface area (Å²) in [4.78, 5) is 24.7. The number of benzene rings is 1. The molecule has 0 bridgehead atoms. The topological polar surface area (TPSA) is 79.3 Å². The van der Waals surface area contributed by atoms with Gasteiger partial charge in [0.15, 0.2) is 0 Å². The Morgan fingerprint density at radius 1 is 1.16 bits per heavy atom. The number of carbonyl (C=O) groups excluding carboxylic acids is 2. The first-order valence-corrected chi connectivity index (χ1v) is 7.65. The number of amides is 3. The lowest BCUT2D eigenvalue weighted by Gasteiger charge is -2.38. The van der Waals surface area contributed by atoms with E-state index < -0.39 is 17.7 Å². The van der Waals surface area contributed by atoms with Crippen LogP contribution in [0.15, 0.2) is 24.3 Å². The Morgan fingerprint density at radius 3 is 2.40 bits per heavy atom. The normalized spacial score (nSPS) is 14.2. The van der Waals surface area contributed by atoms with Crippen molar-refractivity contribution in [2.75, 3.05) is 18.4 Å². The number of halogens is 2. The second-order valence-electron chi connectivity index (χ2n) is 5.92. The van der Waals surface area contributed by atoms with Crippen LogP contribution in [-0.2, 0) is 11.8 Å². The molecule has 1 fully saturated rings. The van der Waals surface area contributed by atoms with Crippen LogP contribution < -0.4 is 10.6 Å². The smallest absolute Gasteiger partial charge is 0.320 e. The van der Waals surface area contributed by atoms with Gasteiger partial charge in [-0.05, 0) is 12.1 Å². The van der Waals surface area contributed by atoms with E-state index in [9.17, 15) is 18.4 Å². The zero-order chi connectivity index (χ0) is 18.1. The first-order valence-electron chi connectivity index (χ1n) is 7.65. The highest BCUT2D eigenvalue weighted by Crippen LogP contribution is 2.23.